The fourth-order valence-electron chi connectivity index (χ4n) is 3.57. The van der Waals surface area contributed by atoms with Crippen LogP contribution in [0.3, 0.4) is 0 Å². The van der Waals surface area contributed by atoms with Crippen molar-refractivity contribution in [3.63, 3.8) is 0 Å². The number of benzene rings is 2. The van der Waals surface area contributed by atoms with Crippen LogP contribution in [0.4, 0.5) is 13.2 Å². The topological polar surface area (TPSA) is 90.8 Å². The van der Waals surface area contributed by atoms with Crippen LogP contribution in [0.2, 0.25) is 10.0 Å². The van der Waals surface area contributed by atoms with E-state index in [0.29, 0.717) is 27.7 Å². The van der Waals surface area contributed by atoms with Crippen molar-refractivity contribution < 1.29 is 18.3 Å². The fourth-order valence-corrected chi connectivity index (χ4v) is 3.91. The standard InChI is InChI=1S/C23H21Cl2F3N6O2/c1-2-18(35)21-29-19(30-34(21)17-6-4-3-5-16(17)25)13-33-22(36)32(12-11-23(26,27)28)20(31-33)14-7-9-15(24)10-8-14/h3-10,18,35H,2,11-13H2,1H3. The molecule has 8 nitrogen and oxygen atoms in total. The lowest BCUT2D eigenvalue weighted by molar-refractivity contribution is -0.136. The number of rotatable bonds is 8. The molecule has 190 valence electrons. The Morgan fingerprint density at radius 2 is 1.75 bits per heavy atom. The minimum absolute atomic E-state index is 0.0558. The molecule has 0 aliphatic carbocycles. The summed E-state index contributed by atoms with van der Waals surface area (Å²) in [5.41, 5.74) is 0.148. The highest BCUT2D eigenvalue weighted by molar-refractivity contribution is 6.32. The van der Waals surface area contributed by atoms with Gasteiger partial charge in [-0.2, -0.15) is 13.2 Å². The van der Waals surface area contributed by atoms with Gasteiger partial charge in [-0.15, -0.1) is 10.2 Å². The van der Waals surface area contributed by atoms with Gasteiger partial charge in [0.05, 0.1) is 17.1 Å². The van der Waals surface area contributed by atoms with Gasteiger partial charge in [0.15, 0.2) is 17.5 Å². The first kappa shape index (κ1) is 25.9. The quantitative estimate of drug-likeness (QED) is 0.338. The summed E-state index contributed by atoms with van der Waals surface area (Å²) in [6.45, 7) is 0.919. The van der Waals surface area contributed by atoms with Crippen molar-refractivity contribution in [3.8, 4) is 17.1 Å². The van der Waals surface area contributed by atoms with Gasteiger partial charge >= 0.3 is 11.9 Å². The number of aliphatic hydroxyl groups is 1. The average Bonchev–Trinajstić information content (AvgIpc) is 3.39. The van der Waals surface area contributed by atoms with Crippen LogP contribution in [-0.2, 0) is 13.1 Å². The van der Waals surface area contributed by atoms with Crippen LogP contribution in [0, 0.1) is 0 Å². The molecule has 0 fully saturated rings. The van der Waals surface area contributed by atoms with Crippen LogP contribution >= 0.6 is 23.2 Å². The normalized spacial score (nSPS) is 12.8. The summed E-state index contributed by atoms with van der Waals surface area (Å²) >= 11 is 12.2. The number of hydrogen-bond acceptors (Lipinski definition) is 5. The minimum Gasteiger partial charge on any atom is -0.385 e. The smallest absolute Gasteiger partial charge is 0.385 e. The molecule has 13 heteroatoms. The van der Waals surface area contributed by atoms with E-state index >= 15 is 0 Å². The maximum Gasteiger partial charge on any atom is 0.390 e. The third-order valence-electron chi connectivity index (χ3n) is 5.38. The molecule has 1 N–H and O–H groups in total. The molecular formula is C23H21Cl2F3N6O2. The van der Waals surface area contributed by atoms with Gasteiger partial charge in [0, 0.05) is 17.1 Å². The zero-order valence-corrected chi connectivity index (χ0v) is 20.5. The molecule has 2 heterocycles. The second-order valence-electron chi connectivity index (χ2n) is 7.96. The number of hydrogen-bond donors (Lipinski definition) is 1. The fraction of sp³-hybridized carbons (Fsp3) is 0.304. The third kappa shape index (κ3) is 5.63. The minimum atomic E-state index is -4.46. The maximum atomic E-state index is 13.1. The predicted octanol–water partition coefficient (Wildman–Crippen LogP) is 5.04. The Morgan fingerprint density at radius 1 is 1.06 bits per heavy atom. The highest BCUT2D eigenvalue weighted by atomic mass is 35.5. The Hall–Kier alpha value is -3.15. The molecule has 0 aliphatic rings. The number of aliphatic hydroxyl groups excluding tert-OH is 1. The first-order valence-corrected chi connectivity index (χ1v) is 11.7. The van der Waals surface area contributed by atoms with E-state index in [2.05, 4.69) is 15.2 Å². The van der Waals surface area contributed by atoms with E-state index in [1.54, 1.807) is 55.5 Å². The lowest BCUT2D eigenvalue weighted by Crippen LogP contribution is -2.27. The summed E-state index contributed by atoms with van der Waals surface area (Å²) in [4.78, 5) is 17.5. The zero-order valence-electron chi connectivity index (χ0n) is 19.0. The van der Waals surface area contributed by atoms with E-state index in [-0.39, 0.29) is 24.0 Å². The number of nitrogens with zero attached hydrogens (tertiary/aromatic N) is 6. The van der Waals surface area contributed by atoms with Crippen molar-refractivity contribution in [2.45, 2.75) is 45.1 Å². The summed E-state index contributed by atoms with van der Waals surface area (Å²) in [6, 6.07) is 13.1. The van der Waals surface area contributed by atoms with Crippen molar-refractivity contribution in [1.82, 2.24) is 29.1 Å². The number of para-hydroxylation sites is 1. The van der Waals surface area contributed by atoms with Gasteiger partial charge in [0.1, 0.15) is 12.6 Å². The van der Waals surface area contributed by atoms with Crippen LogP contribution in [0.15, 0.2) is 53.3 Å². The second kappa shape index (κ2) is 10.5. The zero-order chi connectivity index (χ0) is 26.0. The first-order chi connectivity index (χ1) is 17.1. The maximum absolute atomic E-state index is 13.1. The number of alkyl halides is 3. The van der Waals surface area contributed by atoms with Crippen LogP contribution in [0.25, 0.3) is 17.1 Å². The number of halogens is 5. The summed E-state index contributed by atoms with van der Waals surface area (Å²) in [7, 11) is 0. The molecule has 0 radical (unpaired) electrons. The molecule has 4 aromatic rings. The van der Waals surface area contributed by atoms with E-state index < -0.39 is 30.9 Å². The van der Waals surface area contributed by atoms with Crippen molar-refractivity contribution >= 4 is 23.2 Å². The SMILES string of the molecule is CCC(O)c1nc(Cn2nc(-c3ccc(Cl)cc3)n(CCC(F)(F)F)c2=O)nn1-c1ccccc1Cl. The largest absolute Gasteiger partial charge is 0.390 e. The Balaban J connectivity index is 1.76. The van der Waals surface area contributed by atoms with Gasteiger partial charge in [-0.1, -0.05) is 42.3 Å². The molecule has 0 saturated heterocycles. The molecule has 0 saturated carbocycles. The van der Waals surface area contributed by atoms with Crippen molar-refractivity contribution in [2.24, 2.45) is 0 Å². The average molecular weight is 541 g/mol. The Labute approximate surface area is 213 Å². The van der Waals surface area contributed by atoms with E-state index in [1.165, 1.54) is 4.68 Å². The van der Waals surface area contributed by atoms with Crippen LogP contribution in [0.1, 0.15) is 37.5 Å². The Kier molecular flexibility index (Phi) is 7.53. The monoisotopic (exact) mass is 540 g/mol. The van der Waals surface area contributed by atoms with Gasteiger partial charge in [0.2, 0.25) is 0 Å². The van der Waals surface area contributed by atoms with E-state index in [1.807, 2.05) is 0 Å². The Morgan fingerprint density at radius 3 is 2.39 bits per heavy atom. The molecule has 2 aromatic heterocycles. The summed E-state index contributed by atoms with van der Waals surface area (Å²) in [5, 5.41) is 20.0. The molecule has 36 heavy (non-hydrogen) atoms. The summed E-state index contributed by atoms with van der Waals surface area (Å²) in [5.74, 6) is 0.394. The number of aromatic nitrogens is 6. The Bertz CT molecular complexity index is 1410. The lowest BCUT2D eigenvalue weighted by Gasteiger charge is -2.10. The molecule has 0 bridgehead atoms. The summed E-state index contributed by atoms with van der Waals surface area (Å²) < 4.78 is 42.2. The van der Waals surface area contributed by atoms with E-state index in [0.717, 1.165) is 9.25 Å². The molecule has 2 aromatic carbocycles. The molecular weight excluding hydrogens is 520 g/mol. The van der Waals surface area contributed by atoms with Gasteiger partial charge in [0.25, 0.3) is 0 Å². The van der Waals surface area contributed by atoms with Gasteiger partial charge in [-0.25, -0.2) is 19.1 Å². The highest BCUT2D eigenvalue weighted by Gasteiger charge is 2.29. The lowest BCUT2D eigenvalue weighted by atomic mass is 10.2. The predicted molar refractivity (Wildman–Crippen MR) is 128 cm³/mol. The summed E-state index contributed by atoms with van der Waals surface area (Å²) in [6.07, 6.45) is -6.28. The van der Waals surface area contributed by atoms with Gasteiger partial charge in [-0.05, 0) is 42.8 Å². The highest BCUT2D eigenvalue weighted by Crippen LogP contribution is 2.26. The van der Waals surface area contributed by atoms with Crippen LogP contribution < -0.4 is 5.69 Å². The van der Waals surface area contributed by atoms with Crippen molar-refractivity contribution in [1.29, 1.82) is 0 Å². The van der Waals surface area contributed by atoms with Gasteiger partial charge in [-0.3, -0.25) is 4.57 Å². The van der Waals surface area contributed by atoms with Gasteiger partial charge < -0.3 is 5.11 Å². The van der Waals surface area contributed by atoms with E-state index in [9.17, 15) is 23.1 Å². The van der Waals surface area contributed by atoms with Crippen molar-refractivity contribution in [2.75, 3.05) is 0 Å². The van der Waals surface area contributed by atoms with E-state index in [4.69, 9.17) is 23.2 Å². The molecule has 0 amide bonds. The third-order valence-corrected chi connectivity index (χ3v) is 5.95. The van der Waals surface area contributed by atoms with Crippen LogP contribution in [0.5, 0.6) is 0 Å². The first-order valence-electron chi connectivity index (χ1n) is 11.0. The molecule has 0 spiro atoms. The molecule has 1 atom stereocenters. The second-order valence-corrected chi connectivity index (χ2v) is 8.80. The molecule has 1 unspecified atom stereocenters. The molecule has 0 aliphatic heterocycles. The van der Waals surface area contributed by atoms with Crippen LogP contribution in [-0.4, -0.2) is 40.4 Å². The van der Waals surface area contributed by atoms with Crippen molar-refractivity contribution in [3.05, 3.63) is 80.7 Å². The molecule has 4 rings (SSSR count).